The zero-order valence-corrected chi connectivity index (χ0v) is 11.6. The first-order valence-corrected chi connectivity index (χ1v) is 6.67. The number of nitrogens with one attached hydrogen (secondary N) is 1. The van der Waals surface area contributed by atoms with E-state index in [1.165, 1.54) is 29.5 Å². The highest BCUT2D eigenvalue weighted by Crippen LogP contribution is 2.24. The summed E-state index contributed by atoms with van der Waals surface area (Å²) < 4.78 is 0. The van der Waals surface area contributed by atoms with Gasteiger partial charge in [-0.05, 0) is 23.8 Å². The second kappa shape index (κ2) is 6.19. The average molecular weight is 306 g/mol. The zero-order chi connectivity index (χ0) is 14.5. The van der Waals surface area contributed by atoms with Gasteiger partial charge in [0, 0.05) is 11.6 Å². The fourth-order valence-corrected chi connectivity index (χ4v) is 2.09. The molecule has 20 heavy (non-hydrogen) atoms. The van der Waals surface area contributed by atoms with Crippen molar-refractivity contribution in [1.82, 2.24) is 4.98 Å². The summed E-state index contributed by atoms with van der Waals surface area (Å²) in [5.41, 5.74) is 0.459. The number of rotatable bonds is 3. The Kier molecular flexibility index (Phi) is 4.35. The number of anilines is 1. The van der Waals surface area contributed by atoms with E-state index in [0.717, 1.165) is 0 Å². The van der Waals surface area contributed by atoms with Gasteiger partial charge in [-0.2, -0.15) is 5.26 Å². The van der Waals surface area contributed by atoms with Crippen LogP contribution in [0.4, 0.5) is 5.13 Å². The van der Waals surface area contributed by atoms with Crippen LogP contribution < -0.4 is 5.32 Å². The Labute approximate surface area is 123 Å². The zero-order valence-electron chi connectivity index (χ0n) is 10.0. The molecular weight excluding hydrogens is 298 g/mol. The number of halogens is 1. The molecule has 0 radical (unpaired) electrons. The van der Waals surface area contributed by atoms with E-state index in [9.17, 15) is 9.90 Å². The van der Waals surface area contributed by atoms with Crippen molar-refractivity contribution in [3.63, 3.8) is 0 Å². The number of hydrogen-bond acceptors (Lipinski definition) is 5. The third-order valence-electron chi connectivity index (χ3n) is 2.30. The molecule has 2 rings (SSSR count). The van der Waals surface area contributed by atoms with Crippen molar-refractivity contribution in [1.29, 1.82) is 5.26 Å². The van der Waals surface area contributed by atoms with Gasteiger partial charge in [-0.3, -0.25) is 10.1 Å². The highest BCUT2D eigenvalue weighted by molar-refractivity contribution is 7.13. The number of aromatic hydroxyl groups is 1. The molecule has 0 aliphatic rings. The molecule has 0 atom stereocenters. The molecule has 1 amide bonds. The Balaban J connectivity index is 2.22. The number of thiazole rings is 1. The number of amides is 1. The lowest BCUT2D eigenvalue weighted by atomic mass is 10.1. The minimum atomic E-state index is -0.549. The number of phenols is 1. The smallest absolute Gasteiger partial charge is 0.268 e. The van der Waals surface area contributed by atoms with Gasteiger partial charge in [0.25, 0.3) is 5.91 Å². The lowest BCUT2D eigenvalue weighted by Gasteiger charge is -2.01. The van der Waals surface area contributed by atoms with Crippen molar-refractivity contribution >= 4 is 40.1 Å². The average Bonchev–Trinajstić information content (AvgIpc) is 2.92. The summed E-state index contributed by atoms with van der Waals surface area (Å²) in [5.74, 6) is -0.610. The Hall–Kier alpha value is -2.36. The van der Waals surface area contributed by atoms with Crippen LogP contribution in [0.15, 0.2) is 35.3 Å². The summed E-state index contributed by atoms with van der Waals surface area (Å²) in [6, 6.07) is 6.22. The van der Waals surface area contributed by atoms with Gasteiger partial charge >= 0.3 is 0 Å². The first kappa shape index (κ1) is 14.1. The van der Waals surface area contributed by atoms with Crippen LogP contribution in [0, 0.1) is 11.3 Å². The number of phenolic OH excluding ortho intramolecular Hbond substituents is 1. The summed E-state index contributed by atoms with van der Waals surface area (Å²) in [6.45, 7) is 0. The fraction of sp³-hybridized carbons (Fsp3) is 0. The standard InChI is InChI=1S/C13H8ClN3O2S/c14-10-6-8(1-2-11(10)18)5-9(7-15)12(19)17-13-16-3-4-20-13/h1-6,18H,(H,16,17,19). The predicted octanol–water partition coefficient (Wildman–Crippen LogP) is 3.05. The Morgan fingerprint density at radius 2 is 2.35 bits per heavy atom. The number of hydrogen-bond donors (Lipinski definition) is 2. The summed E-state index contributed by atoms with van der Waals surface area (Å²) in [5, 5.41) is 23.1. The normalized spacial score (nSPS) is 10.9. The van der Waals surface area contributed by atoms with E-state index in [0.29, 0.717) is 10.7 Å². The molecule has 0 aliphatic heterocycles. The second-order valence-corrected chi connectivity index (χ2v) is 4.97. The first-order valence-electron chi connectivity index (χ1n) is 5.41. The van der Waals surface area contributed by atoms with Crippen LogP contribution in [0.25, 0.3) is 6.08 Å². The monoisotopic (exact) mass is 305 g/mol. The van der Waals surface area contributed by atoms with Gasteiger partial charge in [-0.15, -0.1) is 11.3 Å². The Bertz CT molecular complexity index is 705. The lowest BCUT2D eigenvalue weighted by molar-refractivity contribution is -0.112. The third-order valence-corrected chi connectivity index (χ3v) is 3.29. The largest absolute Gasteiger partial charge is 0.506 e. The number of carbonyl (C=O) groups is 1. The van der Waals surface area contributed by atoms with Crippen molar-refractivity contribution in [3.8, 4) is 11.8 Å². The van der Waals surface area contributed by atoms with Crippen molar-refractivity contribution < 1.29 is 9.90 Å². The van der Waals surface area contributed by atoms with Crippen LogP contribution >= 0.6 is 22.9 Å². The number of aromatic nitrogens is 1. The van der Waals surface area contributed by atoms with Gasteiger partial charge < -0.3 is 5.11 Å². The molecule has 5 nitrogen and oxygen atoms in total. The predicted molar refractivity (Wildman–Crippen MR) is 77.5 cm³/mol. The maximum absolute atomic E-state index is 11.9. The number of nitriles is 1. The Morgan fingerprint density at radius 3 is 2.95 bits per heavy atom. The quantitative estimate of drug-likeness (QED) is 0.674. The number of benzene rings is 1. The molecule has 2 N–H and O–H groups in total. The van der Waals surface area contributed by atoms with E-state index < -0.39 is 5.91 Å². The topological polar surface area (TPSA) is 86.0 Å². The molecule has 0 saturated heterocycles. The molecule has 1 heterocycles. The van der Waals surface area contributed by atoms with Crippen LogP contribution in [0.5, 0.6) is 5.75 Å². The minimum Gasteiger partial charge on any atom is -0.506 e. The van der Waals surface area contributed by atoms with E-state index in [1.54, 1.807) is 17.6 Å². The molecule has 1 aromatic heterocycles. The molecule has 0 bridgehead atoms. The first-order chi connectivity index (χ1) is 9.60. The van der Waals surface area contributed by atoms with Gasteiger partial charge in [0.15, 0.2) is 5.13 Å². The highest BCUT2D eigenvalue weighted by Gasteiger charge is 2.11. The van der Waals surface area contributed by atoms with Gasteiger partial charge in [-0.25, -0.2) is 4.98 Å². The molecule has 0 spiro atoms. The van der Waals surface area contributed by atoms with Crippen LogP contribution in [0.2, 0.25) is 5.02 Å². The Morgan fingerprint density at radius 1 is 1.55 bits per heavy atom. The number of carbonyl (C=O) groups excluding carboxylic acids is 1. The maximum Gasteiger partial charge on any atom is 0.268 e. The van der Waals surface area contributed by atoms with Gasteiger partial charge in [0.2, 0.25) is 0 Å². The van der Waals surface area contributed by atoms with Crippen LogP contribution in [0.1, 0.15) is 5.56 Å². The molecule has 0 saturated carbocycles. The summed E-state index contributed by atoms with van der Waals surface area (Å²) in [6.07, 6.45) is 2.93. The summed E-state index contributed by atoms with van der Waals surface area (Å²) in [7, 11) is 0. The summed E-state index contributed by atoms with van der Waals surface area (Å²) in [4.78, 5) is 15.8. The van der Waals surface area contributed by atoms with E-state index in [4.69, 9.17) is 16.9 Å². The molecule has 0 aliphatic carbocycles. The minimum absolute atomic E-state index is 0.0606. The van der Waals surface area contributed by atoms with E-state index >= 15 is 0 Å². The molecule has 0 fully saturated rings. The van der Waals surface area contributed by atoms with E-state index in [-0.39, 0.29) is 16.3 Å². The van der Waals surface area contributed by atoms with Crippen LogP contribution in [-0.2, 0) is 4.79 Å². The van der Waals surface area contributed by atoms with Crippen LogP contribution in [0.3, 0.4) is 0 Å². The van der Waals surface area contributed by atoms with Gasteiger partial charge in [0.1, 0.15) is 17.4 Å². The molecular formula is C13H8ClN3O2S. The van der Waals surface area contributed by atoms with Crippen molar-refractivity contribution in [2.24, 2.45) is 0 Å². The second-order valence-electron chi connectivity index (χ2n) is 3.67. The molecule has 7 heteroatoms. The van der Waals surface area contributed by atoms with Crippen LogP contribution in [-0.4, -0.2) is 16.0 Å². The third kappa shape index (κ3) is 3.35. The highest BCUT2D eigenvalue weighted by atomic mass is 35.5. The SMILES string of the molecule is N#CC(=Cc1ccc(O)c(Cl)c1)C(=O)Nc1nccs1. The van der Waals surface area contributed by atoms with Crippen molar-refractivity contribution in [2.45, 2.75) is 0 Å². The molecule has 100 valence electrons. The number of nitrogens with zero attached hydrogens (tertiary/aromatic N) is 2. The molecule has 0 unspecified atom stereocenters. The fourth-order valence-electron chi connectivity index (χ4n) is 1.38. The van der Waals surface area contributed by atoms with E-state index in [2.05, 4.69) is 10.3 Å². The molecule has 1 aromatic carbocycles. The summed E-state index contributed by atoms with van der Waals surface area (Å²) >= 11 is 7.02. The van der Waals surface area contributed by atoms with E-state index in [1.807, 2.05) is 6.07 Å². The van der Waals surface area contributed by atoms with Crippen molar-refractivity contribution in [3.05, 3.63) is 45.9 Å². The lowest BCUT2D eigenvalue weighted by Crippen LogP contribution is -2.13. The molecule has 2 aromatic rings. The van der Waals surface area contributed by atoms with Gasteiger partial charge in [-0.1, -0.05) is 17.7 Å². The van der Waals surface area contributed by atoms with Crippen molar-refractivity contribution in [2.75, 3.05) is 5.32 Å². The van der Waals surface area contributed by atoms with Gasteiger partial charge in [0.05, 0.1) is 5.02 Å². The maximum atomic E-state index is 11.9.